The van der Waals surface area contributed by atoms with Crippen molar-refractivity contribution in [2.75, 3.05) is 0 Å². The molecule has 1 aromatic carbocycles. The number of nitrogens with zero attached hydrogens (tertiary/aromatic N) is 2. The van der Waals surface area contributed by atoms with E-state index in [1.807, 2.05) is 12.1 Å². The van der Waals surface area contributed by atoms with Gasteiger partial charge < -0.3 is 4.74 Å². The molecule has 1 heterocycles. The maximum Gasteiger partial charge on any atom is 0.332 e. The van der Waals surface area contributed by atoms with E-state index in [0.29, 0.717) is 5.75 Å². The predicted molar refractivity (Wildman–Crippen MR) is 75.1 cm³/mol. The van der Waals surface area contributed by atoms with Crippen molar-refractivity contribution in [3.63, 3.8) is 0 Å². The molecule has 5 nitrogen and oxygen atoms in total. The summed E-state index contributed by atoms with van der Waals surface area (Å²) in [5.41, 5.74) is -0.263. The minimum atomic E-state index is -0.582. The standard InChI is InChI=1S/C11H6ClIN2O3/c12-7-5-10(15(16)17)11(14-6-7)18-9-3-1-8(13)2-4-9/h1-6H. The van der Waals surface area contributed by atoms with Crippen LogP contribution in [0.25, 0.3) is 0 Å². The molecule has 0 atom stereocenters. The van der Waals surface area contributed by atoms with Gasteiger partial charge in [0.15, 0.2) is 0 Å². The molecule has 0 radical (unpaired) electrons. The van der Waals surface area contributed by atoms with Crippen molar-refractivity contribution in [1.29, 1.82) is 0 Å². The predicted octanol–water partition coefficient (Wildman–Crippen LogP) is 4.04. The number of aromatic nitrogens is 1. The number of halogens is 2. The second-order valence-corrected chi connectivity index (χ2v) is 4.97. The van der Waals surface area contributed by atoms with Gasteiger partial charge in [-0.15, -0.1) is 0 Å². The minimum absolute atomic E-state index is 0.0781. The van der Waals surface area contributed by atoms with Gasteiger partial charge in [-0.25, -0.2) is 4.98 Å². The molecule has 0 spiro atoms. The van der Waals surface area contributed by atoms with Crippen LogP contribution in [0.1, 0.15) is 0 Å². The molecule has 0 saturated heterocycles. The molecule has 0 amide bonds. The summed E-state index contributed by atoms with van der Waals surface area (Å²) in [6.45, 7) is 0. The Bertz CT molecular complexity index is 589. The van der Waals surface area contributed by atoms with Crippen molar-refractivity contribution in [2.45, 2.75) is 0 Å². The average molecular weight is 377 g/mol. The summed E-state index contributed by atoms with van der Waals surface area (Å²) in [6.07, 6.45) is 1.30. The minimum Gasteiger partial charge on any atom is -0.434 e. The highest BCUT2D eigenvalue weighted by atomic mass is 127. The van der Waals surface area contributed by atoms with Crippen LogP contribution in [0, 0.1) is 13.7 Å². The second kappa shape index (κ2) is 5.49. The fraction of sp³-hybridized carbons (Fsp3) is 0. The molecule has 0 bridgehead atoms. The lowest BCUT2D eigenvalue weighted by molar-refractivity contribution is -0.386. The van der Waals surface area contributed by atoms with Crippen LogP contribution in [0.15, 0.2) is 36.5 Å². The molecule has 18 heavy (non-hydrogen) atoms. The summed E-state index contributed by atoms with van der Waals surface area (Å²) >= 11 is 7.81. The molecule has 0 aliphatic carbocycles. The summed E-state index contributed by atoms with van der Waals surface area (Å²) in [6, 6.07) is 8.29. The number of benzene rings is 1. The fourth-order valence-electron chi connectivity index (χ4n) is 1.24. The zero-order valence-corrected chi connectivity index (χ0v) is 11.8. The molecule has 0 aliphatic heterocycles. The van der Waals surface area contributed by atoms with Crippen LogP contribution in [0.4, 0.5) is 5.69 Å². The normalized spacial score (nSPS) is 10.1. The third kappa shape index (κ3) is 3.08. The molecule has 92 valence electrons. The molecule has 2 aromatic rings. The van der Waals surface area contributed by atoms with Gasteiger partial charge in [0.1, 0.15) is 5.75 Å². The number of rotatable bonds is 3. The monoisotopic (exact) mass is 376 g/mol. The quantitative estimate of drug-likeness (QED) is 0.461. The van der Waals surface area contributed by atoms with Crippen LogP contribution >= 0.6 is 34.2 Å². The molecule has 1 aromatic heterocycles. The highest BCUT2D eigenvalue weighted by Crippen LogP contribution is 2.31. The van der Waals surface area contributed by atoms with E-state index in [0.717, 1.165) is 3.57 Å². The largest absolute Gasteiger partial charge is 0.434 e. The lowest BCUT2D eigenvalue weighted by Crippen LogP contribution is -1.95. The van der Waals surface area contributed by atoms with Crippen molar-refractivity contribution in [3.05, 3.63) is 55.2 Å². The summed E-state index contributed by atoms with van der Waals surface area (Å²) in [5.74, 6) is 0.402. The van der Waals surface area contributed by atoms with Crippen molar-refractivity contribution < 1.29 is 9.66 Å². The van der Waals surface area contributed by atoms with Gasteiger partial charge in [-0.1, -0.05) is 11.6 Å². The number of pyridine rings is 1. The van der Waals surface area contributed by atoms with Gasteiger partial charge in [0.2, 0.25) is 0 Å². The van der Waals surface area contributed by atoms with E-state index < -0.39 is 4.92 Å². The Balaban J connectivity index is 2.34. The lowest BCUT2D eigenvalue weighted by Gasteiger charge is -2.05. The Kier molecular flexibility index (Phi) is 3.97. The first-order chi connectivity index (χ1) is 8.56. The first-order valence-electron chi connectivity index (χ1n) is 4.79. The maximum atomic E-state index is 10.8. The first-order valence-corrected chi connectivity index (χ1v) is 6.25. The summed E-state index contributed by atoms with van der Waals surface area (Å²) in [5, 5.41) is 11.0. The smallest absolute Gasteiger partial charge is 0.332 e. The van der Waals surface area contributed by atoms with Crippen molar-refractivity contribution in [2.24, 2.45) is 0 Å². The van der Waals surface area contributed by atoms with E-state index in [1.54, 1.807) is 12.1 Å². The molecule has 0 unspecified atom stereocenters. The molecule has 2 rings (SSSR count). The Labute approximate surface area is 121 Å². The SMILES string of the molecule is O=[N+]([O-])c1cc(Cl)cnc1Oc1ccc(I)cc1. The Morgan fingerprint density at radius 2 is 2.00 bits per heavy atom. The van der Waals surface area contributed by atoms with E-state index >= 15 is 0 Å². The number of hydrogen-bond acceptors (Lipinski definition) is 4. The third-order valence-electron chi connectivity index (χ3n) is 2.02. The summed E-state index contributed by atoms with van der Waals surface area (Å²) in [7, 11) is 0. The molecule has 0 N–H and O–H groups in total. The zero-order chi connectivity index (χ0) is 13.1. The van der Waals surface area contributed by atoms with Crippen LogP contribution in [0.5, 0.6) is 11.6 Å². The van der Waals surface area contributed by atoms with Crippen LogP contribution in [0.2, 0.25) is 5.02 Å². The molecule has 7 heteroatoms. The number of ether oxygens (including phenoxy) is 1. The van der Waals surface area contributed by atoms with E-state index in [2.05, 4.69) is 27.6 Å². The second-order valence-electron chi connectivity index (χ2n) is 3.29. The highest BCUT2D eigenvalue weighted by molar-refractivity contribution is 14.1. The zero-order valence-electron chi connectivity index (χ0n) is 8.84. The fourth-order valence-corrected chi connectivity index (χ4v) is 1.75. The van der Waals surface area contributed by atoms with E-state index in [1.165, 1.54) is 12.3 Å². The van der Waals surface area contributed by atoms with Gasteiger partial charge >= 0.3 is 5.69 Å². The average Bonchev–Trinajstić information content (AvgIpc) is 2.34. The molecule has 0 saturated carbocycles. The van der Waals surface area contributed by atoms with Crippen molar-refractivity contribution in [1.82, 2.24) is 4.98 Å². The van der Waals surface area contributed by atoms with E-state index in [-0.39, 0.29) is 16.6 Å². The van der Waals surface area contributed by atoms with Crippen LogP contribution in [-0.4, -0.2) is 9.91 Å². The first kappa shape index (κ1) is 13.0. The highest BCUT2D eigenvalue weighted by Gasteiger charge is 2.18. The molecule has 0 fully saturated rings. The van der Waals surface area contributed by atoms with Crippen molar-refractivity contribution >= 4 is 39.9 Å². The number of nitro groups is 1. The Hall–Kier alpha value is -1.41. The van der Waals surface area contributed by atoms with Crippen LogP contribution in [-0.2, 0) is 0 Å². The topological polar surface area (TPSA) is 65.3 Å². The molecular weight excluding hydrogens is 370 g/mol. The summed E-state index contributed by atoms with van der Waals surface area (Å²) < 4.78 is 6.41. The van der Waals surface area contributed by atoms with Crippen molar-refractivity contribution in [3.8, 4) is 11.6 Å². The third-order valence-corrected chi connectivity index (χ3v) is 2.95. The van der Waals surface area contributed by atoms with Gasteiger partial charge in [-0.05, 0) is 46.9 Å². The van der Waals surface area contributed by atoms with Gasteiger partial charge in [0, 0.05) is 9.64 Å². The number of hydrogen-bond donors (Lipinski definition) is 0. The van der Waals surface area contributed by atoms with Gasteiger partial charge in [-0.3, -0.25) is 10.1 Å². The van der Waals surface area contributed by atoms with Crippen LogP contribution in [0.3, 0.4) is 0 Å². The maximum absolute atomic E-state index is 10.8. The van der Waals surface area contributed by atoms with Gasteiger partial charge in [0.25, 0.3) is 5.88 Å². The van der Waals surface area contributed by atoms with E-state index in [9.17, 15) is 10.1 Å². The Morgan fingerprint density at radius 3 is 2.61 bits per heavy atom. The van der Waals surface area contributed by atoms with Gasteiger partial charge in [0.05, 0.1) is 16.1 Å². The molecular formula is C11H6ClIN2O3. The lowest BCUT2D eigenvalue weighted by atomic mass is 10.3. The Morgan fingerprint density at radius 1 is 1.33 bits per heavy atom. The molecule has 0 aliphatic rings. The summed E-state index contributed by atoms with van der Waals surface area (Å²) in [4.78, 5) is 14.1. The van der Waals surface area contributed by atoms with E-state index in [4.69, 9.17) is 16.3 Å². The van der Waals surface area contributed by atoms with Crippen LogP contribution < -0.4 is 4.74 Å². The van der Waals surface area contributed by atoms with Gasteiger partial charge in [-0.2, -0.15) is 0 Å².